The fourth-order valence-electron chi connectivity index (χ4n) is 3.60. The largest absolute Gasteiger partial charge is 0.341 e. The summed E-state index contributed by atoms with van der Waals surface area (Å²) in [5, 5.41) is 0.671. The second-order valence-electron chi connectivity index (χ2n) is 7.43. The van der Waals surface area contributed by atoms with Crippen LogP contribution >= 0.6 is 11.6 Å². The monoisotopic (exact) mass is 398 g/mol. The van der Waals surface area contributed by atoms with E-state index in [2.05, 4.69) is 19.1 Å². The number of halogens is 1. The average Bonchev–Trinajstić information content (AvgIpc) is 2.97. The molecule has 1 saturated heterocycles. The summed E-state index contributed by atoms with van der Waals surface area (Å²) < 4.78 is 0. The molecular formula is C23H27ClN2O2. The van der Waals surface area contributed by atoms with Crippen molar-refractivity contribution in [2.24, 2.45) is 0 Å². The molecule has 0 saturated carbocycles. The Labute approximate surface area is 172 Å². The van der Waals surface area contributed by atoms with Crippen LogP contribution in [0.5, 0.6) is 0 Å². The zero-order chi connectivity index (χ0) is 19.9. The number of amides is 2. The van der Waals surface area contributed by atoms with Gasteiger partial charge in [-0.1, -0.05) is 61.0 Å². The molecule has 0 N–H and O–H groups in total. The van der Waals surface area contributed by atoms with Gasteiger partial charge >= 0.3 is 0 Å². The van der Waals surface area contributed by atoms with Crippen LogP contribution in [-0.2, 0) is 16.0 Å². The van der Waals surface area contributed by atoms with Crippen LogP contribution in [0.2, 0.25) is 5.02 Å². The summed E-state index contributed by atoms with van der Waals surface area (Å²) in [5.74, 6) is 0.470. The van der Waals surface area contributed by atoms with Gasteiger partial charge in [-0.25, -0.2) is 0 Å². The van der Waals surface area contributed by atoms with Gasteiger partial charge in [-0.2, -0.15) is 0 Å². The number of carbonyl (C=O) groups excluding carboxylic acids is 2. The van der Waals surface area contributed by atoms with Gasteiger partial charge in [0.1, 0.15) is 0 Å². The highest BCUT2D eigenvalue weighted by atomic mass is 35.5. The molecule has 5 heteroatoms. The predicted molar refractivity (Wildman–Crippen MR) is 112 cm³/mol. The number of hydrogen-bond donors (Lipinski definition) is 0. The van der Waals surface area contributed by atoms with Crippen LogP contribution in [0.1, 0.15) is 36.8 Å². The quantitative estimate of drug-likeness (QED) is 0.759. The van der Waals surface area contributed by atoms with Crippen LogP contribution in [0.4, 0.5) is 0 Å². The Morgan fingerprint density at radius 1 is 0.893 bits per heavy atom. The van der Waals surface area contributed by atoms with Gasteiger partial charge in [0.25, 0.3) is 0 Å². The Balaban J connectivity index is 1.51. The van der Waals surface area contributed by atoms with Crippen LogP contribution in [-0.4, -0.2) is 47.8 Å². The van der Waals surface area contributed by atoms with Gasteiger partial charge in [0.2, 0.25) is 11.8 Å². The zero-order valence-corrected chi connectivity index (χ0v) is 17.1. The second kappa shape index (κ2) is 9.74. The Morgan fingerprint density at radius 3 is 2.14 bits per heavy atom. The molecule has 1 atom stereocenters. The SMILES string of the molecule is CC(CC(=O)N1CCCN(C(=O)Cc2ccc(Cl)cc2)CC1)c1ccccc1. The van der Waals surface area contributed by atoms with E-state index in [1.54, 1.807) is 12.1 Å². The molecule has 3 rings (SSSR count). The first kappa shape index (κ1) is 20.4. The van der Waals surface area contributed by atoms with Crippen molar-refractivity contribution in [1.82, 2.24) is 9.80 Å². The molecule has 0 aromatic heterocycles. The van der Waals surface area contributed by atoms with E-state index in [4.69, 9.17) is 11.6 Å². The van der Waals surface area contributed by atoms with Crippen LogP contribution in [0.15, 0.2) is 54.6 Å². The van der Waals surface area contributed by atoms with Crippen molar-refractivity contribution < 1.29 is 9.59 Å². The van der Waals surface area contributed by atoms with E-state index in [1.807, 2.05) is 40.1 Å². The van der Waals surface area contributed by atoms with E-state index in [1.165, 1.54) is 5.56 Å². The van der Waals surface area contributed by atoms with Crippen molar-refractivity contribution in [1.29, 1.82) is 0 Å². The molecule has 2 amide bonds. The van der Waals surface area contributed by atoms with Gasteiger partial charge in [-0.05, 0) is 35.6 Å². The van der Waals surface area contributed by atoms with E-state index < -0.39 is 0 Å². The van der Waals surface area contributed by atoms with Crippen molar-refractivity contribution in [3.8, 4) is 0 Å². The molecular weight excluding hydrogens is 372 g/mol. The number of carbonyl (C=O) groups is 2. The lowest BCUT2D eigenvalue weighted by molar-refractivity contribution is -0.133. The Kier molecular flexibility index (Phi) is 7.10. The van der Waals surface area contributed by atoms with E-state index in [0.29, 0.717) is 44.0 Å². The van der Waals surface area contributed by atoms with E-state index >= 15 is 0 Å². The molecule has 0 radical (unpaired) electrons. The van der Waals surface area contributed by atoms with Crippen LogP contribution < -0.4 is 0 Å². The molecule has 1 heterocycles. The molecule has 148 valence electrons. The highest BCUT2D eigenvalue weighted by Crippen LogP contribution is 2.20. The maximum Gasteiger partial charge on any atom is 0.227 e. The third-order valence-electron chi connectivity index (χ3n) is 5.32. The fourth-order valence-corrected chi connectivity index (χ4v) is 3.72. The predicted octanol–water partition coefficient (Wildman–Crippen LogP) is 4.14. The molecule has 1 fully saturated rings. The molecule has 2 aromatic carbocycles. The molecule has 1 aliphatic rings. The van der Waals surface area contributed by atoms with Crippen molar-refractivity contribution >= 4 is 23.4 Å². The third kappa shape index (κ3) is 5.59. The molecule has 0 spiro atoms. The summed E-state index contributed by atoms with van der Waals surface area (Å²) in [4.78, 5) is 29.2. The number of nitrogens with zero attached hydrogens (tertiary/aromatic N) is 2. The van der Waals surface area contributed by atoms with Crippen molar-refractivity contribution in [3.05, 3.63) is 70.7 Å². The van der Waals surface area contributed by atoms with E-state index in [0.717, 1.165) is 12.0 Å². The minimum Gasteiger partial charge on any atom is -0.341 e. The Bertz CT molecular complexity index is 792. The van der Waals surface area contributed by atoms with Crippen molar-refractivity contribution in [2.75, 3.05) is 26.2 Å². The third-order valence-corrected chi connectivity index (χ3v) is 5.57. The highest BCUT2D eigenvalue weighted by Gasteiger charge is 2.23. The Hall–Kier alpha value is -2.33. The van der Waals surface area contributed by atoms with Gasteiger partial charge in [-0.3, -0.25) is 9.59 Å². The zero-order valence-electron chi connectivity index (χ0n) is 16.3. The fraction of sp³-hybridized carbons (Fsp3) is 0.391. The van der Waals surface area contributed by atoms with Crippen molar-refractivity contribution in [3.63, 3.8) is 0 Å². The summed E-state index contributed by atoms with van der Waals surface area (Å²) in [6, 6.07) is 17.5. The first-order valence-electron chi connectivity index (χ1n) is 9.88. The minimum atomic E-state index is 0.106. The molecule has 1 aliphatic heterocycles. The maximum absolute atomic E-state index is 12.7. The summed E-state index contributed by atoms with van der Waals surface area (Å²) in [6.07, 6.45) is 1.69. The number of hydrogen-bond acceptors (Lipinski definition) is 2. The molecule has 1 unspecified atom stereocenters. The second-order valence-corrected chi connectivity index (χ2v) is 7.87. The normalized spacial score (nSPS) is 15.8. The summed E-state index contributed by atoms with van der Waals surface area (Å²) in [6.45, 7) is 4.70. The van der Waals surface area contributed by atoms with Gasteiger partial charge in [0.15, 0.2) is 0 Å². The van der Waals surface area contributed by atoms with Gasteiger partial charge in [0, 0.05) is 37.6 Å². The van der Waals surface area contributed by atoms with E-state index in [9.17, 15) is 9.59 Å². The smallest absolute Gasteiger partial charge is 0.227 e. The summed E-state index contributed by atoms with van der Waals surface area (Å²) in [7, 11) is 0. The average molecular weight is 399 g/mol. The lowest BCUT2D eigenvalue weighted by Crippen LogP contribution is -2.38. The molecule has 28 heavy (non-hydrogen) atoms. The lowest BCUT2D eigenvalue weighted by atomic mass is 9.97. The summed E-state index contributed by atoms with van der Waals surface area (Å²) >= 11 is 5.91. The van der Waals surface area contributed by atoms with Crippen molar-refractivity contribution in [2.45, 2.75) is 32.1 Å². The maximum atomic E-state index is 12.7. The van der Waals surface area contributed by atoms with E-state index in [-0.39, 0.29) is 17.7 Å². The first-order valence-corrected chi connectivity index (χ1v) is 10.3. The Morgan fingerprint density at radius 2 is 1.50 bits per heavy atom. The molecule has 0 bridgehead atoms. The van der Waals surface area contributed by atoms with Gasteiger partial charge < -0.3 is 9.80 Å². The number of benzene rings is 2. The van der Waals surface area contributed by atoms with Gasteiger partial charge in [-0.15, -0.1) is 0 Å². The highest BCUT2D eigenvalue weighted by molar-refractivity contribution is 6.30. The topological polar surface area (TPSA) is 40.6 Å². The molecule has 4 nitrogen and oxygen atoms in total. The van der Waals surface area contributed by atoms with Gasteiger partial charge in [0.05, 0.1) is 6.42 Å². The van der Waals surface area contributed by atoms with Crippen LogP contribution in [0.3, 0.4) is 0 Å². The van der Waals surface area contributed by atoms with Crippen LogP contribution in [0, 0.1) is 0 Å². The standard InChI is InChI=1S/C23H27ClN2O2/c1-18(20-6-3-2-4-7-20)16-22(27)25-12-5-13-26(15-14-25)23(28)17-19-8-10-21(24)11-9-19/h2-4,6-11,18H,5,12-17H2,1H3. The first-order chi connectivity index (χ1) is 13.5. The summed E-state index contributed by atoms with van der Waals surface area (Å²) in [5.41, 5.74) is 2.15. The lowest BCUT2D eigenvalue weighted by Gasteiger charge is -2.23. The molecule has 0 aliphatic carbocycles. The minimum absolute atomic E-state index is 0.106. The van der Waals surface area contributed by atoms with Crippen LogP contribution in [0.25, 0.3) is 0 Å². The number of rotatable bonds is 5. The molecule has 2 aromatic rings.